The number of fused-ring (bicyclic) bond motifs is 2. The summed E-state index contributed by atoms with van der Waals surface area (Å²) in [7, 11) is -3.49. The van der Waals surface area contributed by atoms with Gasteiger partial charge in [-0.15, -0.1) is 0 Å². The molecule has 1 fully saturated rings. The van der Waals surface area contributed by atoms with E-state index in [2.05, 4.69) is 20.2 Å². The second kappa shape index (κ2) is 12.5. The second-order valence-corrected chi connectivity index (χ2v) is 14.4. The molecule has 1 amide bonds. The number of carbonyl (C=O) groups is 1. The maximum Gasteiger partial charge on any atom is 0.251 e. The molecule has 0 radical (unpaired) electrons. The van der Waals surface area contributed by atoms with E-state index in [-0.39, 0.29) is 40.3 Å². The van der Waals surface area contributed by atoms with Gasteiger partial charge in [0, 0.05) is 48.9 Å². The maximum atomic E-state index is 15.5. The van der Waals surface area contributed by atoms with Crippen molar-refractivity contribution in [1.29, 1.82) is 0 Å². The summed E-state index contributed by atoms with van der Waals surface area (Å²) in [6, 6.07) is 7.08. The molecule has 1 aliphatic carbocycles. The van der Waals surface area contributed by atoms with Crippen LogP contribution in [0.4, 0.5) is 8.78 Å². The van der Waals surface area contributed by atoms with Crippen LogP contribution in [0.2, 0.25) is 0 Å². The van der Waals surface area contributed by atoms with Crippen LogP contribution in [0.25, 0.3) is 10.9 Å². The average Bonchev–Trinajstić information content (AvgIpc) is 2.99. The smallest absolute Gasteiger partial charge is 0.251 e. The molecule has 43 heavy (non-hydrogen) atoms. The summed E-state index contributed by atoms with van der Waals surface area (Å²) < 4.78 is 55.4. The van der Waals surface area contributed by atoms with E-state index in [0.717, 1.165) is 18.7 Å². The van der Waals surface area contributed by atoms with Crippen LogP contribution in [0.5, 0.6) is 0 Å². The zero-order valence-electron chi connectivity index (χ0n) is 24.9. The van der Waals surface area contributed by atoms with Gasteiger partial charge in [0.05, 0.1) is 17.9 Å². The fourth-order valence-corrected chi connectivity index (χ4v) is 6.78. The van der Waals surface area contributed by atoms with E-state index in [1.165, 1.54) is 18.3 Å². The first-order valence-electron chi connectivity index (χ1n) is 15.1. The number of sulfone groups is 1. The van der Waals surface area contributed by atoms with Crippen molar-refractivity contribution < 1.29 is 27.1 Å². The number of alkyl halides is 1. The second-order valence-electron chi connectivity index (χ2n) is 12.2. The molecular weight excluding hydrogens is 574 g/mol. The number of nitrogens with zero attached hydrogens (tertiary/aromatic N) is 3. The van der Waals surface area contributed by atoms with Gasteiger partial charge in [0.1, 0.15) is 17.0 Å². The molecule has 3 heterocycles. The monoisotopic (exact) mass is 614 g/mol. The molecule has 1 saturated heterocycles. The number of carbonyl (C=O) groups excluding carboxylic acids is 1. The summed E-state index contributed by atoms with van der Waals surface area (Å²) in [5.41, 5.74) is 0.989. The van der Waals surface area contributed by atoms with E-state index < -0.39 is 33.3 Å². The van der Waals surface area contributed by atoms with Crippen molar-refractivity contribution in [3.8, 4) is 0 Å². The van der Waals surface area contributed by atoms with Crippen molar-refractivity contribution >= 4 is 26.6 Å². The number of rotatable bonds is 9. The number of pyridine rings is 2. The molecule has 0 unspecified atom stereocenters. The zero-order valence-corrected chi connectivity index (χ0v) is 25.8. The highest BCUT2D eigenvalue weighted by atomic mass is 32.2. The fourth-order valence-electron chi connectivity index (χ4n) is 6.00. The van der Waals surface area contributed by atoms with Crippen LogP contribution in [-0.4, -0.2) is 71.5 Å². The van der Waals surface area contributed by atoms with E-state index in [0.29, 0.717) is 55.3 Å². The molecule has 2 N–H and O–H groups in total. The fraction of sp³-hybridized carbons (Fsp3) is 0.531. The Hall–Kier alpha value is -3.02. The first kappa shape index (κ1) is 31.4. The molecule has 0 bridgehead atoms. The van der Waals surface area contributed by atoms with Crippen molar-refractivity contribution in [3.05, 3.63) is 64.7 Å². The van der Waals surface area contributed by atoms with Crippen molar-refractivity contribution in [1.82, 2.24) is 20.2 Å². The Bertz CT molecular complexity index is 1590. The lowest BCUT2D eigenvalue weighted by molar-refractivity contribution is 0.0794. The summed E-state index contributed by atoms with van der Waals surface area (Å²) in [6.07, 6.45) is 3.99. The number of hydrogen-bond donors (Lipinski definition) is 2. The third-order valence-electron chi connectivity index (χ3n) is 9.06. The van der Waals surface area contributed by atoms with Gasteiger partial charge in [0.25, 0.3) is 5.91 Å². The highest BCUT2D eigenvalue weighted by molar-refractivity contribution is 7.91. The number of aromatic nitrogens is 2. The Balaban J connectivity index is 1.41. The number of aliphatic hydroxyl groups excluding tert-OH is 1. The summed E-state index contributed by atoms with van der Waals surface area (Å²) in [5, 5.41) is 13.3. The molecule has 0 spiro atoms. The molecule has 3 aromatic rings. The average molecular weight is 615 g/mol. The van der Waals surface area contributed by atoms with Gasteiger partial charge in [-0.05, 0) is 73.4 Å². The molecule has 0 saturated carbocycles. The lowest BCUT2D eigenvalue weighted by Crippen LogP contribution is -2.38. The van der Waals surface area contributed by atoms with Crippen molar-refractivity contribution in [2.24, 2.45) is 5.92 Å². The first-order valence-corrected chi connectivity index (χ1v) is 16.7. The summed E-state index contributed by atoms with van der Waals surface area (Å²) in [6.45, 7) is 7.37. The molecule has 5 rings (SSSR count). The van der Waals surface area contributed by atoms with Crippen LogP contribution >= 0.6 is 0 Å². The van der Waals surface area contributed by atoms with Crippen LogP contribution in [-0.2, 0) is 22.7 Å². The molecular formula is C32H40F2N4O4S. The Morgan fingerprint density at radius 2 is 1.95 bits per heavy atom. The Morgan fingerprint density at radius 1 is 1.21 bits per heavy atom. The number of aryl methyl sites for hydroxylation is 1. The number of amides is 1. The molecule has 11 heteroatoms. The van der Waals surface area contributed by atoms with E-state index >= 15 is 8.78 Å². The molecule has 8 nitrogen and oxygen atoms in total. The van der Waals surface area contributed by atoms with E-state index in [9.17, 15) is 18.3 Å². The number of benzene rings is 1. The Labute approximate surface area is 251 Å². The van der Waals surface area contributed by atoms with Gasteiger partial charge in [-0.1, -0.05) is 26.8 Å². The van der Waals surface area contributed by atoms with E-state index in [1.54, 1.807) is 25.1 Å². The third-order valence-corrected chi connectivity index (χ3v) is 10.7. The van der Waals surface area contributed by atoms with Gasteiger partial charge in [-0.3, -0.25) is 4.79 Å². The molecule has 2 aromatic heterocycles. The first-order chi connectivity index (χ1) is 20.4. The minimum atomic E-state index is -3.49. The zero-order chi connectivity index (χ0) is 30.9. The summed E-state index contributed by atoms with van der Waals surface area (Å²) in [4.78, 5) is 24.4. The van der Waals surface area contributed by atoms with Gasteiger partial charge in [-0.2, -0.15) is 0 Å². The number of halogens is 2. The lowest BCUT2D eigenvalue weighted by atomic mass is 9.77. The highest BCUT2D eigenvalue weighted by Crippen LogP contribution is 2.38. The van der Waals surface area contributed by atoms with Crippen LogP contribution < -0.4 is 5.32 Å². The highest BCUT2D eigenvalue weighted by Gasteiger charge is 2.38. The summed E-state index contributed by atoms with van der Waals surface area (Å²) >= 11 is 0. The number of nitrogens with one attached hydrogen (secondary N) is 1. The predicted octanol–water partition coefficient (Wildman–Crippen LogP) is 4.73. The maximum absolute atomic E-state index is 15.5. The topological polar surface area (TPSA) is 112 Å². The van der Waals surface area contributed by atoms with Gasteiger partial charge in [0.2, 0.25) is 0 Å². The molecule has 1 aromatic carbocycles. The quantitative estimate of drug-likeness (QED) is 0.358. The van der Waals surface area contributed by atoms with E-state index in [1.807, 2.05) is 13.8 Å². The summed E-state index contributed by atoms with van der Waals surface area (Å²) in [5.74, 6) is -1.35. The number of aliphatic hydroxyl groups is 1. The predicted molar refractivity (Wildman–Crippen MR) is 161 cm³/mol. The van der Waals surface area contributed by atoms with Gasteiger partial charge in [0.15, 0.2) is 14.9 Å². The van der Waals surface area contributed by atoms with Crippen molar-refractivity contribution in [2.45, 2.75) is 82.1 Å². The van der Waals surface area contributed by atoms with Crippen molar-refractivity contribution in [3.63, 3.8) is 0 Å². The lowest BCUT2D eigenvalue weighted by Gasteiger charge is -2.34. The normalized spacial score (nSPS) is 20.7. The van der Waals surface area contributed by atoms with Crippen LogP contribution in [0.1, 0.15) is 79.7 Å². The molecule has 1 aliphatic heterocycles. The van der Waals surface area contributed by atoms with E-state index in [4.69, 9.17) is 0 Å². The number of likely N-dealkylation sites (tertiary alicyclic amines) is 1. The van der Waals surface area contributed by atoms with Crippen LogP contribution in [0.15, 0.2) is 41.6 Å². The standard InChI is InChI=1S/C32H40F2N4O4S/c1-4-43(41,42)29-6-5-21(19-35-29)28(10-14-38-12-8-25(39)9-13-38)37-31(40)23-15-22-16-24-18-32(34,20(2)3)11-7-27(24)36-30(22)26(33)17-23/h5-6,15-17,19-20,25,28,39H,4,7-14,18H2,1-3H3,(H,37,40)/t28-,32+/m1/s1. The minimum absolute atomic E-state index is 0.0314. The van der Waals surface area contributed by atoms with Crippen molar-refractivity contribution in [2.75, 3.05) is 25.4 Å². The SMILES string of the molecule is CCS(=O)(=O)c1ccc([C@@H](CCN2CCC(O)CC2)NC(=O)c2cc(F)c3nc4c(cc3c2)C[C@](F)(C(C)C)CC4)cn1. The molecule has 2 atom stereocenters. The van der Waals surface area contributed by atoms with Crippen LogP contribution in [0.3, 0.4) is 0 Å². The van der Waals surface area contributed by atoms with Gasteiger partial charge >= 0.3 is 0 Å². The Morgan fingerprint density at radius 3 is 2.60 bits per heavy atom. The molecule has 232 valence electrons. The van der Waals surface area contributed by atoms with Gasteiger partial charge in [-0.25, -0.2) is 27.2 Å². The van der Waals surface area contributed by atoms with Crippen LogP contribution in [0, 0.1) is 11.7 Å². The molecule has 2 aliphatic rings. The largest absolute Gasteiger partial charge is 0.393 e. The third kappa shape index (κ3) is 6.89. The Kier molecular flexibility index (Phi) is 9.15. The number of hydrogen-bond acceptors (Lipinski definition) is 7. The number of piperidine rings is 1. The minimum Gasteiger partial charge on any atom is -0.393 e. The van der Waals surface area contributed by atoms with Gasteiger partial charge < -0.3 is 15.3 Å².